The number of hydrogen-bond donors (Lipinski definition) is 1. The van der Waals surface area contributed by atoms with Crippen molar-refractivity contribution in [2.45, 2.75) is 6.54 Å². The summed E-state index contributed by atoms with van der Waals surface area (Å²) in [5.74, 6) is 0. The fourth-order valence-corrected chi connectivity index (χ4v) is 1.37. The van der Waals surface area contributed by atoms with Gasteiger partial charge in [0.25, 0.3) is 0 Å². The van der Waals surface area contributed by atoms with Crippen LogP contribution in [-0.4, -0.2) is 9.78 Å². The van der Waals surface area contributed by atoms with E-state index < -0.39 is 0 Å². The fourth-order valence-electron chi connectivity index (χ4n) is 1.37. The van der Waals surface area contributed by atoms with Crippen LogP contribution in [0.4, 0.5) is 0 Å². The molecule has 4 nitrogen and oxygen atoms in total. The van der Waals surface area contributed by atoms with Crippen molar-refractivity contribution >= 4 is 0 Å². The van der Waals surface area contributed by atoms with Crippen LogP contribution in [0.25, 0.3) is 5.69 Å². The van der Waals surface area contributed by atoms with Crippen LogP contribution in [0.5, 0.6) is 0 Å². The number of aromatic nitrogens is 2. The largest absolute Gasteiger partial charge is 0.319 e. The topological polar surface area (TPSA) is 53.6 Å². The molecular weight excluding hydrogens is 188 g/mol. The van der Waals surface area contributed by atoms with Crippen molar-refractivity contribution in [1.29, 1.82) is 5.26 Å². The smallest absolute Gasteiger partial charge is 0.176 e. The molecule has 4 heteroatoms. The van der Waals surface area contributed by atoms with Gasteiger partial charge in [0.05, 0.1) is 5.69 Å². The van der Waals surface area contributed by atoms with Gasteiger partial charge in [0.1, 0.15) is 0 Å². The minimum absolute atomic E-state index is 0.547. The zero-order valence-electron chi connectivity index (χ0n) is 8.09. The van der Waals surface area contributed by atoms with Crippen molar-refractivity contribution in [2.75, 3.05) is 0 Å². The molecule has 0 bridgehead atoms. The van der Waals surface area contributed by atoms with Gasteiger partial charge in [-0.15, -0.1) is 0 Å². The standard InChI is InChI=1S/C11H10N4/c12-9-13-8-10-3-1-4-11(7-10)15-6-2-5-14-15/h1-7,13H,8H2. The highest BCUT2D eigenvalue weighted by atomic mass is 15.3. The third kappa shape index (κ3) is 2.15. The fraction of sp³-hybridized carbons (Fsp3) is 0.0909. The quantitative estimate of drug-likeness (QED) is 0.599. The second-order valence-electron chi connectivity index (χ2n) is 3.09. The number of nitrogens with zero attached hydrogens (tertiary/aromatic N) is 3. The van der Waals surface area contributed by atoms with Gasteiger partial charge in [-0.3, -0.25) is 0 Å². The van der Waals surface area contributed by atoms with Gasteiger partial charge >= 0.3 is 0 Å². The van der Waals surface area contributed by atoms with Crippen molar-refractivity contribution in [3.63, 3.8) is 0 Å². The van der Waals surface area contributed by atoms with Crippen molar-refractivity contribution in [3.8, 4) is 11.9 Å². The lowest BCUT2D eigenvalue weighted by atomic mass is 10.2. The number of hydrogen-bond acceptors (Lipinski definition) is 3. The van der Waals surface area contributed by atoms with Crippen LogP contribution in [0, 0.1) is 11.5 Å². The first-order valence-corrected chi connectivity index (χ1v) is 4.61. The summed E-state index contributed by atoms with van der Waals surface area (Å²) in [6, 6.07) is 9.77. The Balaban J connectivity index is 2.24. The highest BCUT2D eigenvalue weighted by Crippen LogP contribution is 2.09. The molecule has 0 aliphatic heterocycles. The predicted molar refractivity (Wildman–Crippen MR) is 56.0 cm³/mol. The third-order valence-corrected chi connectivity index (χ3v) is 2.05. The van der Waals surface area contributed by atoms with E-state index in [0.717, 1.165) is 11.3 Å². The molecule has 74 valence electrons. The van der Waals surface area contributed by atoms with Crippen LogP contribution < -0.4 is 5.32 Å². The Morgan fingerprint density at radius 1 is 1.40 bits per heavy atom. The van der Waals surface area contributed by atoms with E-state index in [2.05, 4.69) is 10.4 Å². The molecule has 0 aliphatic carbocycles. The second-order valence-corrected chi connectivity index (χ2v) is 3.09. The maximum absolute atomic E-state index is 8.40. The predicted octanol–water partition coefficient (Wildman–Crippen LogP) is 1.44. The van der Waals surface area contributed by atoms with E-state index in [9.17, 15) is 0 Å². The molecule has 1 aromatic heterocycles. The zero-order valence-corrected chi connectivity index (χ0v) is 8.09. The van der Waals surface area contributed by atoms with Crippen LogP contribution in [0.2, 0.25) is 0 Å². The summed E-state index contributed by atoms with van der Waals surface area (Å²) in [6.45, 7) is 0.547. The molecule has 0 amide bonds. The molecule has 2 rings (SSSR count). The van der Waals surface area contributed by atoms with Gasteiger partial charge in [-0.2, -0.15) is 10.4 Å². The minimum Gasteiger partial charge on any atom is -0.319 e. The molecule has 0 saturated heterocycles. The average Bonchev–Trinajstić information content (AvgIpc) is 2.80. The first-order chi connectivity index (χ1) is 7.40. The van der Waals surface area contributed by atoms with Gasteiger partial charge in [0, 0.05) is 18.9 Å². The Bertz CT molecular complexity index is 468. The van der Waals surface area contributed by atoms with Crippen molar-refractivity contribution < 1.29 is 0 Å². The van der Waals surface area contributed by atoms with Crippen molar-refractivity contribution in [2.24, 2.45) is 0 Å². The summed E-state index contributed by atoms with van der Waals surface area (Å²) >= 11 is 0. The van der Waals surface area contributed by atoms with Gasteiger partial charge in [-0.1, -0.05) is 12.1 Å². The van der Waals surface area contributed by atoms with E-state index in [4.69, 9.17) is 5.26 Å². The van der Waals surface area contributed by atoms with Gasteiger partial charge in [0.15, 0.2) is 6.19 Å². The van der Waals surface area contributed by atoms with Crippen LogP contribution in [-0.2, 0) is 6.54 Å². The lowest BCUT2D eigenvalue weighted by molar-refractivity contribution is 0.857. The summed E-state index contributed by atoms with van der Waals surface area (Å²) in [5.41, 5.74) is 2.06. The first kappa shape index (κ1) is 9.28. The molecule has 0 aliphatic rings. The number of nitrogens with one attached hydrogen (secondary N) is 1. The summed E-state index contributed by atoms with van der Waals surface area (Å²) in [7, 11) is 0. The monoisotopic (exact) mass is 198 g/mol. The average molecular weight is 198 g/mol. The SMILES string of the molecule is N#CNCc1cccc(-n2cccn2)c1. The maximum atomic E-state index is 8.40. The lowest BCUT2D eigenvalue weighted by Crippen LogP contribution is -2.05. The molecule has 0 spiro atoms. The number of benzene rings is 1. The van der Waals surface area contributed by atoms with Crippen molar-refractivity contribution in [3.05, 3.63) is 48.3 Å². The number of rotatable bonds is 3. The first-order valence-electron chi connectivity index (χ1n) is 4.61. The minimum atomic E-state index is 0.547. The third-order valence-electron chi connectivity index (χ3n) is 2.05. The van der Waals surface area contributed by atoms with Crippen LogP contribution in [0.3, 0.4) is 0 Å². The van der Waals surface area contributed by atoms with Crippen LogP contribution in [0.15, 0.2) is 42.7 Å². The highest BCUT2D eigenvalue weighted by Gasteiger charge is 1.97. The van der Waals surface area contributed by atoms with Crippen LogP contribution in [0.1, 0.15) is 5.56 Å². The second kappa shape index (κ2) is 4.29. The molecule has 1 N–H and O–H groups in total. The Labute approximate surface area is 87.8 Å². The Morgan fingerprint density at radius 3 is 3.07 bits per heavy atom. The maximum Gasteiger partial charge on any atom is 0.176 e. The lowest BCUT2D eigenvalue weighted by Gasteiger charge is -2.04. The summed E-state index contributed by atoms with van der Waals surface area (Å²) in [5, 5.41) is 15.2. The normalized spacial score (nSPS) is 9.53. The van der Waals surface area contributed by atoms with Crippen molar-refractivity contribution in [1.82, 2.24) is 15.1 Å². The molecule has 0 atom stereocenters. The van der Waals surface area contributed by atoms with Gasteiger partial charge in [-0.25, -0.2) is 4.68 Å². The van der Waals surface area contributed by atoms with E-state index in [1.54, 1.807) is 10.9 Å². The van der Waals surface area contributed by atoms with Crippen LogP contribution >= 0.6 is 0 Å². The summed E-state index contributed by atoms with van der Waals surface area (Å²) < 4.78 is 1.79. The zero-order chi connectivity index (χ0) is 10.5. The van der Waals surface area contributed by atoms with E-state index in [1.807, 2.05) is 42.7 Å². The molecular formula is C11H10N4. The van der Waals surface area contributed by atoms with E-state index >= 15 is 0 Å². The summed E-state index contributed by atoms with van der Waals surface area (Å²) in [6.07, 6.45) is 5.52. The molecule has 15 heavy (non-hydrogen) atoms. The highest BCUT2D eigenvalue weighted by molar-refractivity contribution is 5.35. The van der Waals surface area contributed by atoms with Gasteiger partial charge in [-0.05, 0) is 23.8 Å². The Kier molecular flexibility index (Phi) is 2.65. The molecule has 0 unspecified atom stereocenters. The molecule has 0 radical (unpaired) electrons. The van der Waals surface area contributed by atoms with Gasteiger partial charge in [0.2, 0.25) is 0 Å². The molecule has 0 saturated carbocycles. The Morgan fingerprint density at radius 2 is 2.33 bits per heavy atom. The van der Waals surface area contributed by atoms with E-state index in [0.29, 0.717) is 6.54 Å². The Hall–Kier alpha value is -2.28. The van der Waals surface area contributed by atoms with E-state index in [-0.39, 0.29) is 0 Å². The summed E-state index contributed by atoms with van der Waals surface area (Å²) in [4.78, 5) is 0. The number of nitriles is 1. The van der Waals surface area contributed by atoms with E-state index in [1.165, 1.54) is 0 Å². The molecule has 2 aromatic rings. The van der Waals surface area contributed by atoms with Gasteiger partial charge < -0.3 is 5.32 Å². The molecule has 0 fully saturated rings. The molecule has 1 heterocycles. The molecule has 1 aromatic carbocycles.